The van der Waals surface area contributed by atoms with Crippen molar-refractivity contribution >= 4 is 0 Å². The minimum atomic E-state index is 0.501. The van der Waals surface area contributed by atoms with Crippen LogP contribution in [-0.4, -0.2) is 19.2 Å². The van der Waals surface area contributed by atoms with Gasteiger partial charge in [-0.25, -0.2) is 0 Å². The van der Waals surface area contributed by atoms with Crippen molar-refractivity contribution in [3.8, 4) is 17.6 Å². The van der Waals surface area contributed by atoms with Crippen molar-refractivity contribution in [2.24, 2.45) is 0 Å². The van der Waals surface area contributed by atoms with Gasteiger partial charge in [-0.2, -0.15) is 0 Å². The summed E-state index contributed by atoms with van der Waals surface area (Å²) in [5, 5.41) is 3.72. The molecule has 1 aliphatic rings. The molecule has 0 saturated carbocycles. The average molecular weight is 271 g/mol. The number of benzene rings is 1. The summed E-state index contributed by atoms with van der Waals surface area (Å²) in [5.74, 6) is 7.81. The molecule has 0 aliphatic carbocycles. The van der Waals surface area contributed by atoms with Crippen molar-refractivity contribution in [2.75, 3.05) is 13.2 Å². The molecule has 2 atom stereocenters. The number of ether oxygens (including phenoxy) is 1. The zero-order valence-electron chi connectivity index (χ0n) is 12.6. The van der Waals surface area contributed by atoms with E-state index in [1.807, 2.05) is 6.92 Å². The molecule has 20 heavy (non-hydrogen) atoms. The van der Waals surface area contributed by atoms with E-state index in [0.717, 1.165) is 38.2 Å². The second-order valence-electron chi connectivity index (χ2n) is 5.31. The van der Waals surface area contributed by atoms with Crippen LogP contribution < -0.4 is 10.1 Å². The zero-order chi connectivity index (χ0) is 14.2. The predicted octanol–water partition coefficient (Wildman–Crippen LogP) is 3.72. The molecule has 2 rings (SSSR count). The number of nitrogens with one attached hydrogen (secondary N) is 1. The van der Waals surface area contributed by atoms with Gasteiger partial charge >= 0.3 is 0 Å². The summed E-state index contributed by atoms with van der Waals surface area (Å²) in [6, 6.07) is 8.97. The highest BCUT2D eigenvalue weighted by Crippen LogP contribution is 2.36. The summed E-state index contributed by atoms with van der Waals surface area (Å²) in [6.07, 6.45) is 4.34. The van der Waals surface area contributed by atoms with Crippen LogP contribution in [0.3, 0.4) is 0 Å². The van der Waals surface area contributed by atoms with Crippen molar-refractivity contribution in [1.29, 1.82) is 0 Å². The third-order valence-corrected chi connectivity index (χ3v) is 3.90. The van der Waals surface area contributed by atoms with E-state index >= 15 is 0 Å². The highest BCUT2D eigenvalue weighted by atomic mass is 16.5. The van der Waals surface area contributed by atoms with Gasteiger partial charge in [0.25, 0.3) is 0 Å². The molecule has 1 heterocycles. The molecule has 1 N–H and O–H groups in total. The third kappa shape index (κ3) is 3.77. The maximum atomic E-state index is 5.78. The minimum absolute atomic E-state index is 0.501. The lowest BCUT2D eigenvalue weighted by atomic mass is 9.84. The normalized spacial score (nSPS) is 18.4. The maximum absolute atomic E-state index is 5.78. The van der Waals surface area contributed by atoms with Crippen LogP contribution in [0.2, 0.25) is 0 Å². The molecule has 1 aromatic carbocycles. The van der Waals surface area contributed by atoms with E-state index in [4.69, 9.17) is 4.74 Å². The fourth-order valence-electron chi connectivity index (χ4n) is 2.92. The molecular weight excluding hydrogens is 246 g/mol. The van der Waals surface area contributed by atoms with Crippen LogP contribution in [0.4, 0.5) is 0 Å². The van der Waals surface area contributed by atoms with Crippen LogP contribution in [0, 0.1) is 11.8 Å². The highest BCUT2D eigenvalue weighted by molar-refractivity contribution is 5.38. The van der Waals surface area contributed by atoms with Crippen LogP contribution >= 0.6 is 0 Å². The summed E-state index contributed by atoms with van der Waals surface area (Å²) >= 11 is 0. The Morgan fingerprint density at radius 2 is 2.25 bits per heavy atom. The Morgan fingerprint density at radius 1 is 1.40 bits per heavy atom. The Morgan fingerprint density at radius 3 is 3.05 bits per heavy atom. The standard InChI is InChI=1S/C18H25NO/c1-3-5-6-10-17(19-13-4-2)15-12-14-20-18-11-8-7-9-16(15)18/h7-9,11,15,17,19H,4,6,10,12-14H2,1-2H3. The quantitative estimate of drug-likeness (QED) is 0.796. The van der Waals surface area contributed by atoms with E-state index in [2.05, 4.69) is 48.3 Å². The molecule has 1 aromatic rings. The van der Waals surface area contributed by atoms with Gasteiger partial charge in [-0.05, 0) is 44.4 Å². The first-order valence-corrected chi connectivity index (χ1v) is 7.71. The number of para-hydroxylation sites is 1. The van der Waals surface area contributed by atoms with Crippen LogP contribution in [0.1, 0.15) is 51.0 Å². The van der Waals surface area contributed by atoms with Crippen molar-refractivity contribution in [3.05, 3.63) is 29.8 Å². The lowest BCUT2D eigenvalue weighted by Crippen LogP contribution is -2.37. The molecular formula is C18H25NO. The Labute approximate surface area is 122 Å². The molecule has 108 valence electrons. The van der Waals surface area contributed by atoms with Gasteiger partial charge in [0.1, 0.15) is 5.75 Å². The maximum Gasteiger partial charge on any atom is 0.122 e. The third-order valence-electron chi connectivity index (χ3n) is 3.90. The highest BCUT2D eigenvalue weighted by Gasteiger charge is 2.27. The van der Waals surface area contributed by atoms with Gasteiger partial charge in [0, 0.05) is 18.4 Å². The number of rotatable bonds is 6. The summed E-state index contributed by atoms with van der Waals surface area (Å²) in [4.78, 5) is 0. The fraction of sp³-hybridized carbons (Fsp3) is 0.556. The van der Waals surface area contributed by atoms with E-state index < -0.39 is 0 Å². The van der Waals surface area contributed by atoms with Crippen molar-refractivity contribution in [3.63, 3.8) is 0 Å². The summed E-state index contributed by atoms with van der Waals surface area (Å²) in [6.45, 7) is 6.03. The first kappa shape index (κ1) is 14.9. The molecule has 2 unspecified atom stereocenters. The van der Waals surface area contributed by atoms with Crippen LogP contribution in [0.25, 0.3) is 0 Å². The Hall–Kier alpha value is -1.46. The first-order valence-electron chi connectivity index (χ1n) is 7.71. The Bertz CT molecular complexity index is 472. The summed E-state index contributed by atoms with van der Waals surface area (Å²) < 4.78 is 5.78. The Kier molecular flexibility index (Phi) is 5.95. The van der Waals surface area contributed by atoms with Crippen LogP contribution in [0.5, 0.6) is 5.75 Å². The van der Waals surface area contributed by atoms with Crippen molar-refractivity contribution < 1.29 is 4.74 Å². The molecule has 0 bridgehead atoms. The molecule has 2 heteroatoms. The van der Waals surface area contributed by atoms with E-state index in [1.54, 1.807) is 0 Å². The van der Waals surface area contributed by atoms with Crippen molar-refractivity contribution in [1.82, 2.24) is 5.32 Å². The van der Waals surface area contributed by atoms with Crippen molar-refractivity contribution in [2.45, 2.75) is 51.5 Å². The Balaban J connectivity index is 2.12. The molecule has 0 spiro atoms. The van der Waals surface area contributed by atoms with Gasteiger partial charge in [0.15, 0.2) is 0 Å². The number of hydrogen-bond donors (Lipinski definition) is 1. The van der Waals surface area contributed by atoms with Gasteiger partial charge < -0.3 is 10.1 Å². The van der Waals surface area contributed by atoms with Crippen LogP contribution in [0.15, 0.2) is 24.3 Å². The van der Waals surface area contributed by atoms with E-state index in [0.29, 0.717) is 12.0 Å². The number of hydrogen-bond acceptors (Lipinski definition) is 2. The molecule has 0 fully saturated rings. The van der Waals surface area contributed by atoms with Gasteiger partial charge in [0.2, 0.25) is 0 Å². The van der Waals surface area contributed by atoms with E-state index in [1.165, 1.54) is 12.0 Å². The number of fused-ring (bicyclic) bond motifs is 1. The van der Waals surface area contributed by atoms with Gasteiger partial charge in [0.05, 0.1) is 6.61 Å². The zero-order valence-corrected chi connectivity index (χ0v) is 12.6. The lowest BCUT2D eigenvalue weighted by molar-refractivity contribution is 0.242. The second kappa shape index (κ2) is 7.97. The average Bonchev–Trinajstić information content (AvgIpc) is 2.50. The molecule has 2 nitrogen and oxygen atoms in total. The SMILES string of the molecule is CC#CCCC(NCCC)C1CCOc2ccccc21. The lowest BCUT2D eigenvalue weighted by Gasteiger charge is -2.33. The van der Waals surface area contributed by atoms with Gasteiger partial charge in [-0.15, -0.1) is 11.8 Å². The monoisotopic (exact) mass is 271 g/mol. The fourth-order valence-corrected chi connectivity index (χ4v) is 2.92. The van der Waals surface area contributed by atoms with E-state index in [-0.39, 0.29) is 0 Å². The van der Waals surface area contributed by atoms with Gasteiger partial charge in [-0.1, -0.05) is 25.1 Å². The topological polar surface area (TPSA) is 21.3 Å². The second-order valence-corrected chi connectivity index (χ2v) is 5.31. The smallest absolute Gasteiger partial charge is 0.122 e. The molecule has 0 saturated heterocycles. The molecule has 0 amide bonds. The van der Waals surface area contributed by atoms with Crippen LogP contribution in [-0.2, 0) is 0 Å². The summed E-state index contributed by atoms with van der Waals surface area (Å²) in [7, 11) is 0. The largest absolute Gasteiger partial charge is 0.493 e. The predicted molar refractivity (Wildman–Crippen MR) is 84.1 cm³/mol. The molecule has 1 aliphatic heterocycles. The van der Waals surface area contributed by atoms with Gasteiger partial charge in [-0.3, -0.25) is 0 Å². The first-order chi connectivity index (χ1) is 9.86. The molecule has 0 aromatic heterocycles. The molecule has 0 radical (unpaired) electrons. The minimum Gasteiger partial charge on any atom is -0.493 e. The summed E-state index contributed by atoms with van der Waals surface area (Å²) in [5.41, 5.74) is 1.36. The van der Waals surface area contributed by atoms with E-state index in [9.17, 15) is 0 Å².